The topological polar surface area (TPSA) is 58.6 Å². The molecule has 1 aromatic heterocycles. The van der Waals surface area contributed by atoms with E-state index in [2.05, 4.69) is 29.8 Å². The molecule has 2 heterocycles. The summed E-state index contributed by atoms with van der Waals surface area (Å²) in [6.07, 6.45) is 1.89. The van der Waals surface area contributed by atoms with Crippen molar-refractivity contribution in [2.75, 3.05) is 6.54 Å². The normalized spacial score (nSPS) is 25.2. The third kappa shape index (κ3) is 3.80. The van der Waals surface area contributed by atoms with Gasteiger partial charge in [0, 0.05) is 17.5 Å². The van der Waals surface area contributed by atoms with Crippen LogP contribution in [0.25, 0.3) is 0 Å². The zero-order valence-corrected chi connectivity index (χ0v) is 11.3. The van der Waals surface area contributed by atoms with Crippen molar-refractivity contribution in [2.24, 2.45) is 0 Å². The molecule has 1 saturated heterocycles. The van der Waals surface area contributed by atoms with Gasteiger partial charge in [-0.15, -0.1) is 11.3 Å². The maximum absolute atomic E-state index is 10.8. The van der Waals surface area contributed by atoms with Crippen molar-refractivity contribution in [3.05, 3.63) is 22.4 Å². The molecule has 0 saturated carbocycles. The first-order valence-corrected chi connectivity index (χ1v) is 7.17. The lowest BCUT2D eigenvalue weighted by Gasteiger charge is -2.17. The van der Waals surface area contributed by atoms with E-state index < -0.39 is 12.1 Å². The average molecular weight is 269 g/mol. The Balaban J connectivity index is 1.67. The second-order valence-corrected chi connectivity index (χ2v) is 5.79. The van der Waals surface area contributed by atoms with Gasteiger partial charge in [-0.3, -0.25) is 0 Å². The van der Waals surface area contributed by atoms with Gasteiger partial charge in [0.05, 0.1) is 6.10 Å². The molecule has 0 aromatic carbocycles. The van der Waals surface area contributed by atoms with Crippen LogP contribution in [0.3, 0.4) is 0 Å². The van der Waals surface area contributed by atoms with Gasteiger partial charge in [-0.25, -0.2) is 4.79 Å². The lowest BCUT2D eigenvalue weighted by molar-refractivity contribution is -0.149. The first kappa shape index (κ1) is 13.5. The Hall–Kier alpha value is -0.910. The van der Waals surface area contributed by atoms with Crippen LogP contribution in [0, 0.1) is 0 Å². The van der Waals surface area contributed by atoms with Crippen molar-refractivity contribution in [1.29, 1.82) is 0 Å². The van der Waals surface area contributed by atoms with Crippen LogP contribution in [-0.4, -0.2) is 35.9 Å². The summed E-state index contributed by atoms with van der Waals surface area (Å²) in [6.45, 7) is 2.87. The van der Waals surface area contributed by atoms with Crippen molar-refractivity contribution in [2.45, 2.75) is 44.4 Å². The Morgan fingerprint density at radius 3 is 3.11 bits per heavy atom. The maximum atomic E-state index is 10.8. The largest absolute Gasteiger partial charge is 0.479 e. The molecular weight excluding hydrogens is 250 g/mol. The number of hydrogen-bond donors (Lipinski definition) is 2. The molecule has 4 nitrogen and oxygen atoms in total. The van der Waals surface area contributed by atoms with E-state index in [0.29, 0.717) is 12.5 Å². The molecule has 1 aliphatic rings. The molecule has 2 rings (SSSR count). The molecule has 18 heavy (non-hydrogen) atoms. The van der Waals surface area contributed by atoms with Crippen molar-refractivity contribution in [3.8, 4) is 0 Å². The van der Waals surface area contributed by atoms with Crippen LogP contribution in [0.2, 0.25) is 0 Å². The number of hydrogen-bond acceptors (Lipinski definition) is 4. The summed E-state index contributed by atoms with van der Waals surface area (Å²) in [5, 5.41) is 14.3. The standard InChI is InChI=1S/C13H19NO3S/c1-9(7-11-3-2-6-18-11)14-8-10-4-5-12(17-10)13(15)16/h2-3,6,9-10,12,14H,4-5,7-8H2,1H3,(H,15,16). The number of carbonyl (C=O) groups is 1. The summed E-state index contributed by atoms with van der Waals surface area (Å²) in [7, 11) is 0. The van der Waals surface area contributed by atoms with E-state index in [9.17, 15) is 4.79 Å². The summed E-state index contributed by atoms with van der Waals surface area (Å²) in [6, 6.07) is 4.58. The van der Waals surface area contributed by atoms with E-state index >= 15 is 0 Å². The van der Waals surface area contributed by atoms with Crippen LogP contribution in [0.4, 0.5) is 0 Å². The van der Waals surface area contributed by atoms with Gasteiger partial charge in [-0.1, -0.05) is 6.07 Å². The van der Waals surface area contributed by atoms with Gasteiger partial charge >= 0.3 is 5.97 Å². The minimum Gasteiger partial charge on any atom is -0.479 e. The first-order chi connectivity index (χ1) is 8.65. The number of thiophene rings is 1. The lowest BCUT2D eigenvalue weighted by atomic mass is 10.1. The second kappa shape index (κ2) is 6.31. The van der Waals surface area contributed by atoms with E-state index in [0.717, 1.165) is 19.4 Å². The molecule has 2 N–H and O–H groups in total. The Morgan fingerprint density at radius 2 is 2.50 bits per heavy atom. The number of aliphatic carboxylic acids is 1. The van der Waals surface area contributed by atoms with Crippen LogP contribution in [0.5, 0.6) is 0 Å². The second-order valence-electron chi connectivity index (χ2n) is 4.76. The van der Waals surface area contributed by atoms with Crippen LogP contribution in [0.1, 0.15) is 24.6 Å². The predicted octanol–water partition coefficient (Wildman–Crippen LogP) is 1.90. The molecule has 0 bridgehead atoms. The Labute approximate surface area is 111 Å². The molecule has 3 atom stereocenters. The van der Waals surface area contributed by atoms with Gasteiger partial charge in [-0.2, -0.15) is 0 Å². The van der Waals surface area contributed by atoms with Gasteiger partial charge < -0.3 is 15.2 Å². The van der Waals surface area contributed by atoms with Gasteiger partial charge in [0.15, 0.2) is 6.10 Å². The highest BCUT2D eigenvalue weighted by Crippen LogP contribution is 2.19. The molecule has 0 aliphatic carbocycles. The molecule has 0 radical (unpaired) electrons. The fourth-order valence-corrected chi connectivity index (χ4v) is 3.01. The maximum Gasteiger partial charge on any atom is 0.332 e. The highest BCUT2D eigenvalue weighted by molar-refractivity contribution is 7.09. The molecule has 1 aromatic rings. The molecule has 5 heteroatoms. The zero-order chi connectivity index (χ0) is 13.0. The Morgan fingerprint density at radius 1 is 1.67 bits per heavy atom. The number of nitrogens with one attached hydrogen (secondary N) is 1. The smallest absolute Gasteiger partial charge is 0.332 e. The predicted molar refractivity (Wildman–Crippen MR) is 71.0 cm³/mol. The van der Waals surface area contributed by atoms with E-state index in [1.807, 2.05) is 0 Å². The highest BCUT2D eigenvalue weighted by atomic mass is 32.1. The van der Waals surface area contributed by atoms with Crippen LogP contribution >= 0.6 is 11.3 Å². The fourth-order valence-electron chi connectivity index (χ4n) is 2.17. The minimum absolute atomic E-state index is 0.0388. The quantitative estimate of drug-likeness (QED) is 0.828. The third-order valence-electron chi connectivity index (χ3n) is 3.16. The van der Waals surface area contributed by atoms with Crippen LogP contribution < -0.4 is 5.32 Å². The number of ether oxygens (including phenoxy) is 1. The molecule has 100 valence electrons. The zero-order valence-electron chi connectivity index (χ0n) is 10.5. The molecule has 0 spiro atoms. The molecule has 1 fully saturated rings. The summed E-state index contributed by atoms with van der Waals surface area (Å²) in [5.41, 5.74) is 0. The lowest BCUT2D eigenvalue weighted by Crippen LogP contribution is -2.35. The van der Waals surface area contributed by atoms with Crippen LogP contribution in [-0.2, 0) is 16.0 Å². The van der Waals surface area contributed by atoms with Gasteiger partial charge in [-0.05, 0) is 37.6 Å². The Kier molecular flexibility index (Phi) is 4.74. The summed E-state index contributed by atoms with van der Waals surface area (Å²) in [4.78, 5) is 12.1. The Bertz CT molecular complexity index is 380. The minimum atomic E-state index is -0.843. The number of rotatable bonds is 6. The van der Waals surface area contributed by atoms with Crippen molar-refractivity contribution < 1.29 is 14.6 Å². The summed E-state index contributed by atoms with van der Waals surface area (Å²) >= 11 is 1.76. The van der Waals surface area contributed by atoms with E-state index in [-0.39, 0.29) is 6.10 Å². The van der Waals surface area contributed by atoms with Gasteiger partial charge in [0.1, 0.15) is 0 Å². The monoisotopic (exact) mass is 269 g/mol. The SMILES string of the molecule is CC(Cc1cccs1)NCC1CCC(C(=O)O)O1. The van der Waals surface area contributed by atoms with E-state index in [4.69, 9.17) is 9.84 Å². The van der Waals surface area contributed by atoms with E-state index in [1.54, 1.807) is 11.3 Å². The van der Waals surface area contributed by atoms with Gasteiger partial charge in [0.2, 0.25) is 0 Å². The van der Waals surface area contributed by atoms with Crippen molar-refractivity contribution >= 4 is 17.3 Å². The third-order valence-corrected chi connectivity index (χ3v) is 4.06. The van der Waals surface area contributed by atoms with Crippen LogP contribution in [0.15, 0.2) is 17.5 Å². The van der Waals surface area contributed by atoms with Gasteiger partial charge in [0.25, 0.3) is 0 Å². The first-order valence-electron chi connectivity index (χ1n) is 6.29. The summed E-state index contributed by atoms with van der Waals surface area (Å²) in [5.74, 6) is -0.843. The van der Waals surface area contributed by atoms with Crippen molar-refractivity contribution in [1.82, 2.24) is 5.32 Å². The number of carboxylic acid groups (broad SMARTS) is 1. The summed E-state index contributed by atoms with van der Waals surface area (Å²) < 4.78 is 5.45. The molecule has 1 aliphatic heterocycles. The molecule has 3 unspecified atom stereocenters. The average Bonchev–Trinajstić information content (AvgIpc) is 2.96. The molecular formula is C13H19NO3S. The molecule has 0 amide bonds. The highest BCUT2D eigenvalue weighted by Gasteiger charge is 2.30. The van der Waals surface area contributed by atoms with Crippen molar-refractivity contribution in [3.63, 3.8) is 0 Å². The number of carboxylic acids is 1. The fraction of sp³-hybridized carbons (Fsp3) is 0.615. The van der Waals surface area contributed by atoms with E-state index in [1.165, 1.54) is 4.88 Å².